The summed E-state index contributed by atoms with van der Waals surface area (Å²) in [6.45, 7) is 2.20. The third-order valence-corrected chi connectivity index (χ3v) is 3.01. The Hall–Kier alpha value is -1.71. The van der Waals surface area contributed by atoms with Crippen LogP contribution in [-0.4, -0.2) is 18.4 Å². The molecule has 0 aromatic heterocycles. The third kappa shape index (κ3) is 5.95. The Morgan fingerprint density at radius 2 is 1.70 bits per heavy atom. The van der Waals surface area contributed by atoms with E-state index in [1.807, 2.05) is 0 Å². The second kappa shape index (κ2) is 9.23. The average molecular weight is 280 g/mol. The minimum Gasteiger partial charge on any atom is -0.466 e. The lowest BCUT2D eigenvalue weighted by molar-refractivity contribution is -0.143. The summed E-state index contributed by atoms with van der Waals surface area (Å²) < 4.78 is 18.2. The first kappa shape index (κ1) is 16.3. The van der Waals surface area contributed by atoms with Gasteiger partial charge in [-0.3, -0.25) is 9.59 Å². The van der Waals surface area contributed by atoms with E-state index in [-0.39, 0.29) is 17.3 Å². The van der Waals surface area contributed by atoms with Gasteiger partial charge in [0.1, 0.15) is 5.82 Å². The standard InChI is InChI=1S/C16H21FO3/c1-2-20-16(19)12-6-4-3-5-11-15(18)13-9-7-8-10-14(13)17/h7-10H,2-6,11-12H2,1H3. The van der Waals surface area contributed by atoms with Crippen molar-refractivity contribution in [2.45, 2.75) is 45.4 Å². The summed E-state index contributed by atoms with van der Waals surface area (Å²) in [5.74, 6) is -0.789. The molecular formula is C16H21FO3. The highest BCUT2D eigenvalue weighted by molar-refractivity contribution is 5.96. The van der Waals surface area contributed by atoms with Crippen molar-refractivity contribution in [1.82, 2.24) is 0 Å². The maximum Gasteiger partial charge on any atom is 0.305 e. The zero-order chi connectivity index (χ0) is 14.8. The number of halogens is 1. The molecule has 1 aromatic rings. The summed E-state index contributed by atoms with van der Waals surface area (Å²) in [4.78, 5) is 22.9. The van der Waals surface area contributed by atoms with Crippen LogP contribution in [0.3, 0.4) is 0 Å². The van der Waals surface area contributed by atoms with Gasteiger partial charge < -0.3 is 4.74 Å². The summed E-state index contributed by atoms with van der Waals surface area (Å²) >= 11 is 0. The first-order valence-corrected chi connectivity index (χ1v) is 7.08. The van der Waals surface area contributed by atoms with Crippen molar-refractivity contribution in [3.05, 3.63) is 35.6 Å². The van der Waals surface area contributed by atoms with Gasteiger partial charge in [0.05, 0.1) is 12.2 Å². The van der Waals surface area contributed by atoms with Crippen LogP contribution in [0.15, 0.2) is 24.3 Å². The Labute approximate surface area is 119 Å². The molecule has 0 aliphatic heterocycles. The molecular weight excluding hydrogens is 259 g/mol. The molecule has 1 aromatic carbocycles. The normalized spacial score (nSPS) is 10.3. The molecule has 110 valence electrons. The summed E-state index contributed by atoms with van der Waals surface area (Å²) in [5.41, 5.74) is 0.166. The maximum atomic E-state index is 13.4. The maximum absolute atomic E-state index is 13.4. The van der Waals surface area contributed by atoms with Gasteiger partial charge in [-0.1, -0.05) is 25.0 Å². The van der Waals surface area contributed by atoms with Crippen LogP contribution in [0, 0.1) is 5.82 Å². The molecule has 0 aliphatic carbocycles. The van der Waals surface area contributed by atoms with Crippen molar-refractivity contribution in [1.29, 1.82) is 0 Å². The van der Waals surface area contributed by atoms with Crippen LogP contribution in [0.25, 0.3) is 0 Å². The number of carbonyl (C=O) groups is 2. The fraction of sp³-hybridized carbons (Fsp3) is 0.500. The van der Waals surface area contributed by atoms with Gasteiger partial charge in [0.15, 0.2) is 5.78 Å². The number of esters is 1. The fourth-order valence-corrected chi connectivity index (χ4v) is 1.96. The molecule has 20 heavy (non-hydrogen) atoms. The van der Waals surface area contributed by atoms with Crippen molar-refractivity contribution >= 4 is 11.8 Å². The van der Waals surface area contributed by atoms with E-state index in [1.54, 1.807) is 19.1 Å². The zero-order valence-corrected chi connectivity index (χ0v) is 11.9. The van der Waals surface area contributed by atoms with Crippen LogP contribution < -0.4 is 0 Å². The predicted octanol–water partition coefficient (Wildman–Crippen LogP) is 3.91. The van der Waals surface area contributed by atoms with E-state index >= 15 is 0 Å². The number of ketones is 1. The van der Waals surface area contributed by atoms with E-state index in [0.29, 0.717) is 19.4 Å². The van der Waals surface area contributed by atoms with Gasteiger partial charge >= 0.3 is 5.97 Å². The molecule has 0 fully saturated rings. The molecule has 1 rings (SSSR count). The Morgan fingerprint density at radius 3 is 2.35 bits per heavy atom. The van der Waals surface area contributed by atoms with E-state index in [9.17, 15) is 14.0 Å². The number of hydrogen-bond acceptors (Lipinski definition) is 3. The monoisotopic (exact) mass is 280 g/mol. The van der Waals surface area contributed by atoms with Gasteiger partial charge in [0, 0.05) is 12.8 Å². The molecule has 3 nitrogen and oxygen atoms in total. The quantitative estimate of drug-likeness (QED) is 0.391. The van der Waals surface area contributed by atoms with Gasteiger partial charge in [-0.25, -0.2) is 4.39 Å². The first-order valence-electron chi connectivity index (χ1n) is 7.08. The lowest BCUT2D eigenvalue weighted by atomic mass is 10.0. The Balaban J connectivity index is 2.14. The van der Waals surface area contributed by atoms with Crippen LogP contribution in [-0.2, 0) is 9.53 Å². The van der Waals surface area contributed by atoms with Crippen molar-refractivity contribution in [3.8, 4) is 0 Å². The second-order valence-corrected chi connectivity index (χ2v) is 4.62. The minimum atomic E-state index is -0.459. The summed E-state index contributed by atoms with van der Waals surface area (Å²) in [6.07, 6.45) is 4.00. The highest BCUT2D eigenvalue weighted by Gasteiger charge is 2.10. The van der Waals surface area contributed by atoms with Crippen molar-refractivity contribution in [2.75, 3.05) is 6.61 Å². The Bertz CT molecular complexity index is 443. The van der Waals surface area contributed by atoms with E-state index in [2.05, 4.69) is 0 Å². The van der Waals surface area contributed by atoms with E-state index in [1.165, 1.54) is 12.1 Å². The molecule has 4 heteroatoms. The van der Waals surface area contributed by atoms with Gasteiger partial charge in [0.25, 0.3) is 0 Å². The lowest BCUT2D eigenvalue weighted by Crippen LogP contribution is -2.03. The molecule has 0 atom stereocenters. The van der Waals surface area contributed by atoms with Gasteiger partial charge in [-0.15, -0.1) is 0 Å². The first-order chi connectivity index (χ1) is 9.65. The largest absolute Gasteiger partial charge is 0.466 e. The van der Waals surface area contributed by atoms with E-state index < -0.39 is 5.82 Å². The number of benzene rings is 1. The van der Waals surface area contributed by atoms with E-state index in [0.717, 1.165) is 25.7 Å². The number of hydrogen-bond donors (Lipinski definition) is 0. The second-order valence-electron chi connectivity index (χ2n) is 4.62. The highest BCUT2D eigenvalue weighted by Crippen LogP contribution is 2.13. The summed E-state index contributed by atoms with van der Waals surface area (Å²) in [7, 11) is 0. The molecule has 0 spiro atoms. The van der Waals surface area contributed by atoms with Crippen molar-refractivity contribution in [2.24, 2.45) is 0 Å². The fourth-order valence-electron chi connectivity index (χ4n) is 1.96. The minimum absolute atomic E-state index is 0.159. The highest BCUT2D eigenvalue weighted by atomic mass is 19.1. The molecule has 0 radical (unpaired) electrons. The Kier molecular flexibility index (Phi) is 7.55. The smallest absolute Gasteiger partial charge is 0.305 e. The molecule has 0 unspecified atom stereocenters. The molecule has 0 heterocycles. The van der Waals surface area contributed by atoms with Crippen LogP contribution in [0.4, 0.5) is 4.39 Å². The zero-order valence-electron chi connectivity index (χ0n) is 11.9. The van der Waals surface area contributed by atoms with Crippen molar-refractivity contribution in [3.63, 3.8) is 0 Å². The SMILES string of the molecule is CCOC(=O)CCCCCCC(=O)c1ccccc1F. The molecule has 0 saturated carbocycles. The number of rotatable bonds is 9. The molecule has 0 N–H and O–H groups in total. The topological polar surface area (TPSA) is 43.4 Å². The average Bonchev–Trinajstić information content (AvgIpc) is 2.43. The van der Waals surface area contributed by atoms with Gasteiger partial charge in [0.2, 0.25) is 0 Å². The number of unbranched alkanes of at least 4 members (excludes halogenated alkanes) is 3. The van der Waals surface area contributed by atoms with Crippen LogP contribution in [0.5, 0.6) is 0 Å². The van der Waals surface area contributed by atoms with Gasteiger partial charge in [-0.2, -0.15) is 0 Å². The molecule has 0 amide bonds. The number of ether oxygens (including phenoxy) is 1. The summed E-state index contributed by atoms with van der Waals surface area (Å²) in [5, 5.41) is 0. The third-order valence-electron chi connectivity index (χ3n) is 3.01. The number of Topliss-reactive ketones (excluding diaryl/α,β-unsaturated/α-hetero) is 1. The van der Waals surface area contributed by atoms with Crippen LogP contribution >= 0.6 is 0 Å². The van der Waals surface area contributed by atoms with Crippen LogP contribution in [0.1, 0.15) is 55.8 Å². The Morgan fingerprint density at radius 1 is 1.05 bits per heavy atom. The molecule has 0 saturated heterocycles. The summed E-state index contributed by atoms with van der Waals surface area (Å²) in [6, 6.07) is 6.04. The van der Waals surface area contributed by atoms with Gasteiger partial charge in [-0.05, 0) is 31.9 Å². The molecule has 0 aliphatic rings. The van der Waals surface area contributed by atoms with Crippen LogP contribution in [0.2, 0.25) is 0 Å². The number of carbonyl (C=O) groups excluding carboxylic acids is 2. The lowest BCUT2D eigenvalue weighted by Gasteiger charge is -2.03. The molecule has 0 bridgehead atoms. The van der Waals surface area contributed by atoms with E-state index in [4.69, 9.17) is 4.74 Å². The predicted molar refractivity (Wildman–Crippen MR) is 75.1 cm³/mol. The van der Waals surface area contributed by atoms with Crippen molar-refractivity contribution < 1.29 is 18.7 Å².